The minimum atomic E-state index is -0.399. The Bertz CT molecular complexity index is 607. The van der Waals surface area contributed by atoms with E-state index >= 15 is 0 Å². The molecule has 0 saturated carbocycles. The highest BCUT2D eigenvalue weighted by atomic mass is 32.2. The van der Waals surface area contributed by atoms with Crippen LogP contribution in [0.5, 0.6) is 5.75 Å². The van der Waals surface area contributed by atoms with Crippen molar-refractivity contribution in [3.8, 4) is 5.75 Å². The summed E-state index contributed by atoms with van der Waals surface area (Å²) in [5.41, 5.74) is 6.61. The molecule has 18 heavy (non-hydrogen) atoms. The molecule has 0 fully saturated rings. The Kier molecular flexibility index (Phi) is 3.93. The first-order chi connectivity index (χ1) is 8.56. The molecule has 1 atom stereocenters. The fourth-order valence-corrected chi connectivity index (χ4v) is 2.64. The first kappa shape index (κ1) is 13.0. The second-order valence-corrected chi connectivity index (χ2v) is 5.29. The van der Waals surface area contributed by atoms with E-state index in [4.69, 9.17) is 10.2 Å². The Balaban J connectivity index is 2.34. The van der Waals surface area contributed by atoms with Crippen LogP contribution in [0.3, 0.4) is 0 Å². The second kappa shape index (κ2) is 5.46. The number of hydrogen-bond donors (Lipinski definition) is 2. The molecule has 1 unspecified atom stereocenters. The molecule has 0 spiro atoms. The van der Waals surface area contributed by atoms with Crippen molar-refractivity contribution < 1.29 is 9.52 Å². The Morgan fingerprint density at radius 3 is 2.94 bits per heavy atom. The molecule has 2 aromatic rings. The normalized spacial score (nSPS) is 12.8. The van der Waals surface area contributed by atoms with E-state index in [-0.39, 0.29) is 11.8 Å². The van der Waals surface area contributed by atoms with Crippen LogP contribution in [0.1, 0.15) is 12.5 Å². The third-order valence-electron chi connectivity index (χ3n) is 2.45. The van der Waals surface area contributed by atoms with E-state index in [0.717, 1.165) is 16.7 Å². The molecule has 0 radical (unpaired) electrons. The van der Waals surface area contributed by atoms with Gasteiger partial charge in [-0.15, -0.1) is 0 Å². The monoisotopic (exact) mass is 265 g/mol. The largest absolute Gasteiger partial charge is 0.508 e. The highest BCUT2D eigenvalue weighted by molar-refractivity contribution is 7.98. The van der Waals surface area contributed by atoms with Crippen LogP contribution in [0.15, 0.2) is 33.5 Å². The number of rotatable bonds is 4. The summed E-state index contributed by atoms with van der Waals surface area (Å²) in [5, 5.41) is 10.2. The minimum Gasteiger partial charge on any atom is -0.508 e. The Morgan fingerprint density at radius 2 is 2.22 bits per heavy atom. The maximum atomic E-state index is 11.4. The van der Waals surface area contributed by atoms with Gasteiger partial charge in [0.15, 0.2) is 0 Å². The van der Waals surface area contributed by atoms with Crippen LogP contribution >= 0.6 is 11.8 Å². The van der Waals surface area contributed by atoms with Gasteiger partial charge in [0, 0.05) is 35.1 Å². The summed E-state index contributed by atoms with van der Waals surface area (Å²) >= 11 is 1.67. The van der Waals surface area contributed by atoms with Crippen LogP contribution in [-0.4, -0.2) is 16.9 Å². The lowest BCUT2D eigenvalue weighted by molar-refractivity contribution is 0.473. The summed E-state index contributed by atoms with van der Waals surface area (Å²) in [6.07, 6.45) is 0. The summed E-state index contributed by atoms with van der Waals surface area (Å²) in [5.74, 6) is 1.62. The highest BCUT2D eigenvalue weighted by Gasteiger charge is 2.07. The van der Waals surface area contributed by atoms with Gasteiger partial charge in [0.1, 0.15) is 11.3 Å². The molecule has 1 aromatic heterocycles. The van der Waals surface area contributed by atoms with Gasteiger partial charge in [-0.25, -0.2) is 4.79 Å². The maximum Gasteiger partial charge on any atom is 0.336 e. The number of thioether (sulfide) groups is 1. The van der Waals surface area contributed by atoms with Crippen molar-refractivity contribution in [2.45, 2.75) is 18.7 Å². The van der Waals surface area contributed by atoms with Gasteiger partial charge >= 0.3 is 5.63 Å². The van der Waals surface area contributed by atoms with Gasteiger partial charge in [0.05, 0.1) is 0 Å². The quantitative estimate of drug-likeness (QED) is 0.828. The van der Waals surface area contributed by atoms with Gasteiger partial charge < -0.3 is 15.3 Å². The number of phenols is 1. The average Bonchev–Trinajstić information content (AvgIpc) is 2.27. The van der Waals surface area contributed by atoms with Crippen LogP contribution in [-0.2, 0) is 5.75 Å². The van der Waals surface area contributed by atoms with E-state index < -0.39 is 5.63 Å². The van der Waals surface area contributed by atoms with Crippen LogP contribution in [0, 0.1) is 0 Å². The predicted octanol–water partition coefficient (Wildman–Crippen LogP) is 2.08. The SMILES string of the molecule is CC(N)CSCc1cc(=O)oc2cc(O)ccc12. The Labute approximate surface area is 109 Å². The zero-order valence-electron chi connectivity index (χ0n) is 10.1. The third-order valence-corrected chi connectivity index (χ3v) is 3.73. The molecule has 0 bridgehead atoms. The van der Waals surface area contributed by atoms with E-state index in [1.807, 2.05) is 6.92 Å². The Morgan fingerprint density at radius 1 is 1.44 bits per heavy atom. The molecule has 4 nitrogen and oxygen atoms in total. The number of fused-ring (bicyclic) bond motifs is 1. The lowest BCUT2D eigenvalue weighted by Crippen LogP contribution is -2.17. The molecule has 2 rings (SSSR count). The van der Waals surface area contributed by atoms with Crippen molar-refractivity contribution >= 4 is 22.7 Å². The molecule has 0 aliphatic heterocycles. The molecular weight excluding hydrogens is 250 g/mol. The first-order valence-electron chi connectivity index (χ1n) is 5.65. The maximum absolute atomic E-state index is 11.4. The number of benzene rings is 1. The third kappa shape index (κ3) is 3.05. The van der Waals surface area contributed by atoms with Crippen molar-refractivity contribution in [3.63, 3.8) is 0 Å². The molecule has 0 saturated heterocycles. The van der Waals surface area contributed by atoms with Gasteiger partial charge in [-0.1, -0.05) is 0 Å². The van der Waals surface area contributed by atoms with Crippen molar-refractivity contribution in [2.24, 2.45) is 5.73 Å². The predicted molar refractivity (Wildman–Crippen MR) is 74.0 cm³/mol. The van der Waals surface area contributed by atoms with Gasteiger partial charge in [-0.2, -0.15) is 11.8 Å². The van der Waals surface area contributed by atoms with Gasteiger partial charge in [0.25, 0.3) is 0 Å². The summed E-state index contributed by atoms with van der Waals surface area (Å²) in [4.78, 5) is 11.4. The van der Waals surface area contributed by atoms with E-state index in [9.17, 15) is 9.90 Å². The standard InChI is InChI=1S/C13H15NO3S/c1-8(14)6-18-7-9-4-13(16)17-12-5-10(15)2-3-11(9)12/h2-5,8,15H,6-7,14H2,1H3. The second-order valence-electron chi connectivity index (χ2n) is 4.26. The molecule has 1 heterocycles. The van der Waals surface area contributed by atoms with E-state index in [2.05, 4.69) is 0 Å². The lowest BCUT2D eigenvalue weighted by Gasteiger charge is -2.07. The van der Waals surface area contributed by atoms with Crippen molar-refractivity contribution in [3.05, 3.63) is 40.2 Å². The summed E-state index contributed by atoms with van der Waals surface area (Å²) in [6.45, 7) is 1.95. The van der Waals surface area contributed by atoms with Crippen LogP contribution < -0.4 is 11.4 Å². The molecule has 0 aliphatic rings. The lowest BCUT2D eigenvalue weighted by atomic mass is 10.1. The van der Waals surface area contributed by atoms with Gasteiger partial charge in [-0.3, -0.25) is 0 Å². The Hall–Kier alpha value is -1.46. The number of aromatic hydroxyl groups is 1. The summed E-state index contributed by atoms with van der Waals surface area (Å²) < 4.78 is 5.06. The molecular formula is C13H15NO3S. The van der Waals surface area contributed by atoms with E-state index in [1.54, 1.807) is 23.9 Å². The van der Waals surface area contributed by atoms with Crippen molar-refractivity contribution in [1.82, 2.24) is 0 Å². The summed E-state index contributed by atoms with van der Waals surface area (Å²) in [6, 6.07) is 6.42. The van der Waals surface area contributed by atoms with Crippen molar-refractivity contribution in [2.75, 3.05) is 5.75 Å². The van der Waals surface area contributed by atoms with E-state index in [0.29, 0.717) is 11.3 Å². The number of hydrogen-bond acceptors (Lipinski definition) is 5. The van der Waals surface area contributed by atoms with Gasteiger partial charge in [-0.05, 0) is 24.6 Å². The van der Waals surface area contributed by atoms with Crippen LogP contribution in [0.2, 0.25) is 0 Å². The highest BCUT2D eigenvalue weighted by Crippen LogP contribution is 2.24. The topological polar surface area (TPSA) is 76.5 Å². The fraction of sp³-hybridized carbons (Fsp3) is 0.308. The zero-order chi connectivity index (χ0) is 13.1. The summed E-state index contributed by atoms with van der Waals surface area (Å²) in [7, 11) is 0. The molecule has 5 heteroatoms. The first-order valence-corrected chi connectivity index (χ1v) is 6.81. The molecule has 3 N–H and O–H groups in total. The van der Waals surface area contributed by atoms with Crippen LogP contribution in [0.25, 0.3) is 11.0 Å². The van der Waals surface area contributed by atoms with Crippen LogP contribution in [0.4, 0.5) is 0 Å². The average molecular weight is 265 g/mol. The molecule has 96 valence electrons. The zero-order valence-corrected chi connectivity index (χ0v) is 10.9. The number of nitrogens with two attached hydrogens (primary N) is 1. The smallest absolute Gasteiger partial charge is 0.336 e. The van der Waals surface area contributed by atoms with Crippen molar-refractivity contribution in [1.29, 1.82) is 0 Å². The molecule has 0 aliphatic carbocycles. The molecule has 0 amide bonds. The number of phenolic OH excluding ortho intramolecular Hbond substituents is 1. The fourth-order valence-electron chi connectivity index (χ4n) is 1.69. The van der Waals surface area contributed by atoms with E-state index in [1.165, 1.54) is 12.1 Å². The van der Waals surface area contributed by atoms with Gasteiger partial charge in [0.2, 0.25) is 0 Å². The molecule has 1 aromatic carbocycles. The minimum absolute atomic E-state index is 0.0889.